The van der Waals surface area contributed by atoms with E-state index in [4.69, 9.17) is 67.5 Å². The summed E-state index contributed by atoms with van der Waals surface area (Å²) in [6.45, 7) is 3.90. The van der Waals surface area contributed by atoms with E-state index in [1.165, 1.54) is 68.8 Å². The lowest BCUT2D eigenvalue weighted by molar-refractivity contribution is -0.127. The normalized spacial score (nSPS) is 12.5. The maximum atomic E-state index is 13.5. The van der Waals surface area contributed by atoms with Crippen molar-refractivity contribution in [1.82, 2.24) is 0 Å². The number of hydrogen-bond acceptors (Lipinski definition) is 12. The van der Waals surface area contributed by atoms with Gasteiger partial charge in [0.25, 0.3) is 23.6 Å². The predicted octanol–water partition coefficient (Wildman–Crippen LogP) is 11.7. The minimum Gasteiger partial charge on any atom is -0.495 e. The number of nitrogens with zero attached hydrogens (tertiary/aromatic N) is 4. The predicted molar refractivity (Wildman–Crippen MR) is 260 cm³/mol. The highest BCUT2D eigenvalue weighted by atomic mass is 35.5. The van der Waals surface area contributed by atoms with Crippen LogP contribution in [0.2, 0.25) is 10.0 Å². The number of carbonyl (C=O) groups is 6. The second-order valence-electron chi connectivity index (χ2n) is 14.4. The molecule has 0 saturated heterocycles. The standard InChI is InChI=1S/C46H41Cl5N8O8/c1-23(49)31-20-30(52-45(64)41(24(2)60)58-56-37-18-28(8-11-32(37)50)43(62)54-35-13-6-26(21-47)16-39(35)66-4)10-15-34(31)53-46(65)42(25(3)61)59-57-38-19-29(9-12-33(38)51)44(63)55-36-14-7-27(22-48)17-40(36)67-5/h6-20,23,41-42H,21-22H2,1-5H3,(H,52,64)(H,53,65)(H,54,62)(H,55,63). The number of alkyl halides is 3. The molecule has 5 aromatic rings. The summed E-state index contributed by atoms with van der Waals surface area (Å²) in [5.41, 5.74) is 3.30. The first-order valence-corrected chi connectivity index (χ1v) is 22.1. The van der Waals surface area contributed by atoms with Gasteiger partial charge in [-0.15, -0.1) is 34.8 Å². The van der Waals surface area contributed by atoms with E-state index in [-0.39, 0.29) is 55.7 Å². The van der Waals surface area contributed by atoms with Crippen molar-refractivity contribution in [3.05, 3.63) is 129 Å². The van der Waals surface area contributed by atoms with Crippen LogP contribution in [0.5, 0.6) is 11.5 Å². The van der Waals surface area contributed by atoms with E-state index < -0.39 is 52.7 Å². The summed E-state index contributed by atoms with van der Waals surface area (Å²) in [6.07, 6.45) is 0. The molecule has 3 atom stereocenters. The summed E-state index contributed by atoms with van der Waals surface area (Å²) in [6, 6.07) is 19.6. The van der Waals surface area contributed by atoms with Crippen LogP contribution < -0.4 is 30.7 Å². The summed E-state index contributed by atoms with van der Waals surface area (Å²) in [4.78, 5) is 78.7. The van der Waals surface area contributed by atoms with Crippen LogP contribution in [-0.4, -0.2) is 61.5 Å². The van der Waals surface area contributed by atoms with Crippen LogP contribution >= 0.6 is 58.0 Å². The molecule has 0 aliphatic rings. The number of methoxy groups -OCH3 is 2. The maximum absolute atomic E-state index is 13.5. The Hall–Kier alpha value is -6.43. The minimum absolute atomic E-state index is 0.00243. The molecule has 5 aromatic carbocycles. The third kappa shape index (κ3) is 13.6. The van der Waals surface area contributed by atoms with E-state index in [1.807, 2.05) is 0 Å². The van der Waals surface area contributed by atoms with Gasteiger partial charge in [0.05, 0.1) is 41.0 Å². The Labute approximate surface area is 409 Å². The zero-order valence-corrected chi connectivity index (χ0v) is 40.0. The van der Waals surface area contributed by atoms with Crippen molar-refractivity contribution in [3.63, 3.8) is 0 Å². The van der Waals surface area contributed by atoms with Crippen LogP contribution in [0.3, 0.4) is 0 Å². The highest BCUT2D eigenvalue weighted by Crippen LogP contribution is 2.34. The number of carbonyl (C=O) groups excluding carboxylic acids is 6. The Morgan fingerprint density at radius 3 is 1.40 bits per heavy atom. The van der Waals surface area contributed by atoms with Crippen LogP contribution in [0.15, 0.2) is 111 Å². The Balaban J connectivity index is 1.28. The van der Waals surface area contributed by atoms with Gasteiger partial charge in [0.2, 0.25) is 12.1 Å². The Kier molecular flexibility index (Phi) is 18.3. The first-order valence-electron chi connectivity index (χ1n) is 19.9. The number of Topliss-reactive ketones (excluding diaryl/α,β-unsaturated/α-hetero) is 2. The van der Waals surface area contributed by atoms with Crippen molar-refractivity contribution in [2.75, 3.05) is 35.5 Å². The second kappa shape index (κ2) is 23.8. The molecule has 0 fully saturated rings. The quantitative estimate of drug-likeness (QED) is 0.0353. The lowest BCUT2D eigenvalue weighted by Crippen LogP contribution is -2.32. The molecule has 0 aromatic heterocycles. The lowest BCUT2D eigenvalue weighted by Gasteiger charge is -2.17. The average Bonchev–Trinajstić information content (AvgIpc) is 3.30. The molecule has 4 amide bonds. The molecule has 0 aliphatic carbocycles. The van der Waals surface area contributed by atoms with E-state index in [9.17, 15) is 28.8 Å². The SMILES string of the molecule is COc1cc(CCl)ccc1NC(=O)c1ccc(Cl)c(N=NC(C(C)=O)C(=O)Nc2ccc(NC(=O)C(N=Nc3cc(C(=O)Nc4ccc(CCl)cc4OC)ccc3Cl)C(C)=O)c(C(C)Cl)c2)c1. The lowest BCUT2D eigenvalue weighted by atomic mass is 10.1. The highest BCUT2D eigenvalue weighted by Gasteiger charge is 2.27. The molecule has 3 unspecified atom stereocenters. The largest absolute Gasteiger partial charge is 0.495 e. The van der Waals surface area contributed by atoms with E-state index in [0.29, 0.717) is 28.4 Å². The fraction of sp³-hybridized carbons (Fsp3) is 0.217. The number of azo groups is 2. The van der Waals surface area contributed by atoms with Crippen LogP contribution in [0.25, 0.3) is 0 Å². The smallest absolute Gasteiger partial charge is 0.258 e. The topological polar surface area (TPSA) is 218 Å². The van der Waals surface area contributed by atoms with Gasteiger partial charge in [0, 0.05) is 34.3 Å². The van der Waals surface area contributed by atoms with Crippen LogP contribution in [0.1, 0.15) is 63.6 Å². The van der Waals surface area contributed by atoms with E-state index in [1.54, 1.807) is 43.3 Å². The van der Waals surface area contributed by atoms with Gasteiger partial charge in [-0.1, -0.05) is 35.3 Å². The molecule has 0 saturated carbocycles. The Morgan fingerprint density at radius 1 is 0.567 bits per heavy atom. The number of ketones is 2. The molecule has 0 radical (unpaired) electrons. The van der Waals surface area contributed by atoms with Gasteiger partial charge in [-0.3, -0.25) is 28.8 Å². The van der Waals surface area contributed by atoms with Gasteiger partial charge in [-0.25, -0.2) is 0 Å². The highest BCUT2D eigenvalue weighted by molar-refractivity contribution is 6.33. The first kappa shape index (κ1) is 51.6. The van der Waals surface area contributed by atoms with Gasteiger partial charge in [0.15, 0.2) is 11.6 Å². The number of halogens is 5. The number of amides is 4. The molecule has 67 heavy (non-hydrogen) atoms. The van der Waals surface area contributed by atoms with Crippen molar-refractivity contribution < 1.29 is 38.2 Å². The second-order valence-corrected chi connectivity index (χ2v) is 16.4. The molecule has 0 spiro atoms. The van der Waals surface area contributed by atoms with Gasteiger partial charge in [-0.2, -0.15) is 20.5 Å². The van der Waals surface area contributed by atoms with Gasteiger partial charge in [-0.05, 0) is 116 Å². The Morgan fingerprint density at radius 2 is 1.00 bits per heavy atom. The molecule has 21 heteroatoms. The van der Waals surface area contributed by atoms with Crippen LogP contribution in [0, 0.1) is 0 Å². The fourth-order valence-corrected chi connectivity index (χ4v) is 6.89. The van der Waals surface area contributed by atoms with E-state index in [2.05, 4.69) is 41.7 Å². The third-order valence-corrected chi connectivity index (χ3v) is 11.1. The van der Waals surface area contributed by atoms with Crippen molar-refractivity contribution in [3.8, 4) is 11.5 Å². The zero-order valence-electron chi connectivity index (χ0n) is 36.3. The molecule has 0 bridgehead atoms. The van der Waals surface area contributed by atoms with Gasteiger partial charge in [0.1, 0.15) is 22.9 Å². The minimum atomic E-state index is -1.65. The van der Waals surface area contributed by atoms with Crippen molar-refractivity contribution in [2.45, 2.75) is 50.0 Å². The summed E-state index contributed by atoms with van der Waals surface area (Å²) in [7, 11) is 2.91. The van der Waals surface area contributed by atoms with E-state index >= 15 is 0 Å². The van der Waals surface area contributed by atoms with Gasteiger partial charge < -0.3 is 30.7 Å². The number of nitrogens with one attached hydrogen (secondary N) is 4. The van der Waals surface area contributed by atoms with Crippen LogP contribution in [0.4, 0.5) is 34.1 Å². The number of ether oxygens (including phenoxy) is 2. The molecule has 348 valence electrons. The number of hydrogen-bond donors (Lipinski definition) is 4. The van der Waals surface area contributed by atoms with Crippen molar-refractivity contribution in [2.24, 2.45) is 20.5 Å². The van der Waals surface area contributed by atoms with E-state index in [0.717, 1.165) is 25.0 Å². The van der Waals surface area contributed by atoms with Crippen molar-refractivity contribution in [1.29, 1.82) is 0 Å². The summed E-state index contributed by atoms with van der Waals surface area (Å²) in [5, 5.41) is 26.2. The molecular formula is C46H41Cl5N8O8. The average molecular weight is 1010 g/mol. The molecule has 0 aliphatic heterocycles. The molecule has 4 N–H and O–H groups in total. The number of anilines is 4. The molecule has 0 heterocycles. The fourth-order valence-electron chi connectivity index (χ4n) is 6.07. The monoisotopic (exact) mass is 1010 g/mol. The summed E-state index contributed by atoms with van der Waals surface area (Å²) >= 11 is 31.1. The van der Waals surface area contributed by atoms with Gasteiger partial charge >= 0.3 is 0 Å². The number of rotatable bonds is 19. The van der Waals surface area contributed by atoms with Crippen molar-refractivity contribution >= 4 is 127 Å². The molecule has 16 nitrogen and oxygen atoms in total. The first-order chi connectivity index (χ1) is 32.0. The Bertz CT molecular complexity index is 2790. The van der Waals surface area contributed by atoms with Crippen LogP contribution in [-0.2, 0) is 30.9 Å². The number of benzene rings is 5. The zero-order chi connectivity index (χ0) is 48.9. The summed E-state index contributed by atoms with van der Waals surface area (Å²) < 4.78 is 10.7. The summed E-state index contributed by atoms with van der Waals surface area (Å²) in [5.74, 6) is -2.84. The molecular weight excluding hydrogens is 970 g/mol. The third-order valence-electron chi connectivity index (χ3n) is 9.59. The maximum Gasteiger partial charge on any atom is 0.258 e. The molecule has 5 rings (SSSR count).